The van der Waals surface area contributed by atoms with E-state index in [1.165, 1.54) is 11.8 Å². The molecular formula is C9H11N3OS. The van der Waals surface area contributed by atoms with Crippen molar-refractivity contribution in [2.75, 3.05) is 5.75 Å². The molecule has 0 aliphatic heterocycles. The molecule has 0 saturated carbocycles. The van der Waals surface area contributed by atoms with Gasteiger partial charge in [0.25, 0.3) is 11.2 Å². The molecule has 14 heavy (non-hydrogen) atoms. The first-order valence-electron chi connectivity index (χ1n) is 4.30. The lowest BCUT2D eigenvalue weighted by molar-refractivity contribution is 0.911. The van der Waals surface area contributed by atoms with Crippen LogP contribution in [0.25, 0.3) is 4.85 Å². The third kappa shape index (κ3) is 2.36. The second-order valence-corrected chi connectivity index (χ2v) is 3.85. The number of aryl methyl sites for hydroxylation is 1. The fourth-order valence-corrected chi connectivity index (χ4v) is 1.72. The summed E-state index contributed by atoms with van der Waals surface area (Å²) in [6.45, 7) is 10.5. The van der Waals surface area contributed by atoms with Crippen LogP contribution in [-0.4, -0.2) is 15.7 Å². The Morgan fingerprint density at radius 1 is 1.64 bits per heavy atom. The van der Waals surface area contributed by atoms with Crippen LogP contribution in [0.5, 0.6) is 0 Å². The van der Waals surface area contributed by atoms with Gasteiger partial charge in [0, 0.05) is 5.75 Å². The predicted molar refractivity (Wildman–Crippen MR) is 56.9 cm³/mol. The number of rotatable bonds is 3. The SMILES string of the molecule is [C-]#[N+]c1c(C)nc(SCCC)[nH]c1=O. The van der Waals surface area contributed by atoms with Crippen LogP contribution in [0.3, 0.4) is 0 Å². The number of H-pyrrole nitrogens is 1. The number of nitrogens with one attached hydrogen (secondary N) is 1. The van der Waals surface area contributed by atoms with Gasteiger partial charge in [-0.1, -0.05) is 18.7 Å². The molecular weight excluding hydrogens is 198 g/mol. The molecule has 1 N–H and O–H groups in total. The van der Waals surface area contributed by atoms with Crippen molar-refractivity contribution in [2.45, 2.75) is 25.4 Å². The van der Waals surface area contributed by atoms with Crippen LogP contribution in [-0.2, 0) is 0 Å². The zero-order valence-corrected chi connectivity index (χ0v) is 8.94. The van der Waals surface area contributed by atoms with E-state index in [0.29, 0.717) is 10.9 Å². The van der Waals surface area contributed by atoms with Gasteiger partial charge in [-0.15, -0.1) is 0 Å². The number of aromatic amines is 1. The Balaban J connectivity index is 3.04. The van der Waals surface area contributed by atoms with Crippen LogP contribution < -0.4 is 5.56 Å². The van der Waals surface area contributed by atoms with E-state index in [9.17, 15) is 4.79 Å². The van der Waals surface area contributed by atoms with Crippen molar-refractivity contribution in [3.05, 3.63) is 27.5 Å². The Bertz CT molecular complexity index is 419. The number of nitrogens with zero attached hydrogens (tertiary/aromatic N) is 2. The molecule has 0 aliphatic rings. The Morgan fingerprint density at radius 2 is 2.36 bits per heavy atom. The molecule has 74 valence electrons. The van der Waals surface area contributed by atoms with Crippen molar-refractivity contribution in [1.82, 2.24) is 9.97 Å². The summed E-state index contributed by atoms with van der Waals surface area (Å²) in [6, 6.07) is 0. The van der Waals surface area contributed by atoms with E-state index < -0.39 is 0 Å². The molecule has 0 atom stereocenters. The highest BCUT2D eigenvalue weighted by Crippen LogP contribution is 2.16. The number of hydrogen-bond donors (Lipinski definition) is 1. The summed E-state index contributed by atoms with van der Waals surface area (Å²) >= 11 is 1.50. The quantitative estimate of drug-likeness (QED) is 0.471. The fourth-order valence-electron chi connectivity index (χ4n) is 0.953. The summed E-state index contributed by atoms with van der Waals surface area (Å²) in [5.41, 5.74) is 0.249. The van der Waals surface area contributed by atoms with Gasteiger partial charge in [0.05, 0.1) is 12.3 Å². The molecule has 1 aromatic heterocycles. The van der Waals surface area contributed by atoms with Crippen molar-refractivity contribution in [2.24, 2.45) is 0 Å². The second-order valence-electron chi connectivity index (χ2n) is 2.77. The van der Waals surface area contributed by atoms with Gasteiger partial charge in [0.2, 0.25) is 0 Å². The van der Waals surface area contributed by atoms with Crippen LogP contribution in [0.15, 0.2) is 9.95 Å². The Labute approximate surface area is 86.6 Å². The average molecular weight is 209 g/mol. The molecule has 0 saturated heterocycles. The van der Waals surface area contributed by atoms with Crippen molar-refractivity contribution in [1.29, 1.82) is 0 Å². The van der Waals surface area contributed by atoms with Gasteiger partial charge in [0.15, 0.2) is 5.16 Å². The van der Waals surface area contributed by atoms with Crippen molar-refractivity contribution < 1.29 is 0 Å². The topological polar surface area (TPSA) is 50.1 Å². The van der Waals surface area contributed by atoms with Crippen LogP contribution >= 0.6 is 11.8 Å². The first-order chi connectivity index (χ1) is 6.69. The summed E-state index contributed by atoms with van der Waals surface area (Å²) in [7, 11) is 0. The maximum absolute atomic E-state index is 11.3. The van der Waals surface area contributed by atoms with E-state index in [1.54, 1.807) is 6.92 Å². The lowest BCUT2D eigenvalue weighted by atomic mass is 10.4. The van der Waals surface area contributed by atoms with E-state index in [1.807, 2.05) is 0 Å². The first-order valence-corrected chi connectivity index (χ1v) is 5.28. The standard InChI is InChI=1S/C9H11N3OS/c1-4-5-14-9-11-6(2)7(10-3)8(13)12-9/h4-5H2,1-2H3,(H,11,12,13). The molecule has 0 bridgehead atoms. The first kappa shape index (κ1) is 10.8. The minimum absolute atomic E-state index is 0.0887. The summed E-state index contributed by atoms with van der Waals surface area (Å²) in [6.07, 6.45) is 1.03. The smallest absolute Gasteiger partial charge is 0.271 e. The normalized spacial score (nSPS) is 9.79. The summed E-state index contributed by atoms with van der Waals surface area (Å²) in [4.78, 5) is 21.2. The third-order valence-electron chi connectivity index (χ3n) is 1.60. The summed E-state index contributed by atoms with van der Waals surface area (Å²) < 4.78 is 0. The minimum Gasteiger partial charge on any atom is -0.311 e. The van der Waals surface area contributed by atoms with Crippen LogP contribution in [0.2, 0.25) is 0 Å². The zero-order valence-electron chi connectivity index (χ0n) is 8.13. The number of thioether (sulfide) groups is 1. The molecule has 0 fully saturated rings. The highest BCUT2D eigenvalue weighted by Gasteiger charge is 2.07. The second kappa shape index (κ2) is 4.82. The monoisotopic (exact) mass is 209 g/mol. The van der Waals surface area contributed by atoms with Gasteiger partial charge in [-0.25, -0.2) is 9.83 Å². The molecule has 5 heteroatoms. The Kier molecular flexibility index (Phi) is 3.72. The molecule has 0 radical (unpaired) electrons. The van der Waals surface area contributed by atoms with Crippen molar-refractivity contribution in [3.63, 3.8) is 0 Å². The fraction of sp³-hybridized carbons (Fsp3) is 0.444. The molecule has 1 aromatic rings. The highest BCUT2D eigenvalue weighted by atomic mass is 32.2. The van der Waals surface area contributed by atoms with Crippen LogP contribution in [0, 0.1) is 13.5 Å². The Morgan fingerprint density at radius 3 is 2.86 bits per heavy atom. The number of aromatic nitrogens is 2. The Hall–Kier alpha value is -1.28. The van der Waals surface area contributed by atoms with Gasteiger partial charge < -0.3 is 4.98 Å². The minimum atomic E-state index is -0.342. The van der Waals surface area contributed by atoms with Crippen LogP contribution in [0.4, 0.5) is 5.69 Å². The summed E-state index contributed by atoms with van der Waals surface area (Å²) in [5.74, 6) is 0.916. The lowest BCUT2D eigenvalue weighted by Gasteiger charge is -2.01. The molecule has 4 nitrogen and oxygen atoms in total. The maximum Gasteiger partial charge on any atom is 0.271 e. The van der Waals surface area contributed by atoms with Gasteiger partial charge in [-0.3, -0.25) is 4.79 Å². The van der Waals surface area contributed by atoms with Gasteiger partial charge in [0.1, 0.15) is 0 Å². The van der Waals surface area contributed by atoms with E-state index >= 15 is 0 Å². The maximum atomic E-state index is 11.3. The van der Waals surface area contributed by atoms with E-state index in [4.69, 9.17) is 6.57 Å². The highest BCUT2D eigenvalue weighted by molar-refractivity contribution is 7.99. The average Bonchev–Trinajstić information content (AvgIpc) is 2.14. The molecule has 0 aromatic carbocycles. The van der Waals surface area contributed by atoms with Crippen LogP contribution in [0.1, 0.15) is 19.0 Å². The summed E-state index contributed by atoms with van der Waals surface area (Å²) in [5, 5.41) is 0.599. The van der Waals surface area contributed by atoms with Gasteiger partial charge in [-0.05, 0) is 13.3 Å². The van der Waals surface area contributed by atoms with E-state index in [2.05, 4.69) is 21.7 Å². The van der Waals surface area contributed by atoms with Gasteiger partial charge >= 0.3 is 0 Å². The lowest BCUT2D eigenvalue weighted by Crippen LogP contribution is -2.09. The van der Waals surface area contributed by atoms with Crippen molar-refractivity contribution in [3.8, 4) is 0 Å². The van der Waals surface area contributed by atoms with Gasteiger partial charge in [-0.2, -0.15) is 0 Å². The van der Waals surface area contributed by atoms with E-state index in [-0.39, 0.29) is 11.2 Å². The molecule has 1 rings (SSSR count). The number of hydrogen-bond acceptors (Lipinski definition) is 3. The molecule has 0 unspecified atom stereocenters. The third-order valence-corrected chi connectivity index (χ3v) is 2.68. The zero-order chi connectivity index (χ0) is 10.6. The molecule has 0 aliphatic carbocycles. The molecule has 0 amide bonds. The molecule has 1 heterocycles. The van der Waals surface area contributed by atoms with E-state index in [0.717, 1.165) is 12.2 Å². The molecule has 0 spiro atoms. The predicted octanol–water partition coefficient (Wildman–Crippen LogP) is 2.13. The van der Waals surface area contributed by atoms with Crippen molar-refractivity contribution >= 4 is 17.4 Å². The largest absolute Gasteiger partial charge is 0.311 e.